The number of ketones is 1. The Balaban J connectivity index is 1.57. The minimum absolute atomic E-state index is 0.0355. The summed E-state index contributed by atoms with van der Waals surface area (Å²) in [5.41, 5.74) is 0.335. The van der Waals surface area contributed by atoms with E-state index in [-0.39, 0.29) is 5.78 Å². The van der Waals surface area contributed by atoms with E-state index in [0.29, 0.717) is 23.6 Å². The topological polar surface area (TPSA) is 74.1 Å². The van der Waals surface area contributed by atoms with E-state index in [9.17, 15) is 4.79 Å². The molecule has 0 fully saturated rings. The standard InChI is InChI=1S/C14H13N3O3/c18-12(3-1-6-17-7-5-15-10-17)11-9-14(20-16-11)13-4-2-8-19-13/h2,4-5,7-10H,1,3,6H2. The van der Waals surface area contributed by atoms with Crippen LogP contribution in [0.25, 0.3) is 11.5 Å². The van der Waals surface area contributed by atoms with Crippen molar-refractivity contribution in [3.8, 4) is 11.5 Å². The van der Waals surface area contributed by atoms with E-state index in [2.05, 4.69) is 10.1 Å². The maximum atomic E-state index is 12.0. The largest absolute Gasteiger partial charge is 0.461 e. The Labute approximate surface area is 115 Å². The Morgan fingerprint density at radius 3 is 3.05 bits per heavy atom. The van der Waals surface area contributed by atoms with Crippen molar-refractivity contribution in [2.75, 3.05) is 0 Å². The van der Waals surface area contributed by atoms with Crippen LogP contribution in [0.15, 0.2) is 52.1 Å². The van der Waals surface area contributed by atoms with Crippen molar-refractivity contribution in [2.24, 2.45) is 0 Å². The van der Waals surface area contributed by atoms with Crippen molar-refractivity contribution in [1.29, 1.82) is 0 Å². The van der Waals surface area contributed by atoms with Gasteiger partial charge in [-0.2, -0.15) is 0 Å². The predicted octanol–water partition coefficient (Wildman–Crippen LogP) is 2.79. The van der Waals surface area contributed by atoms with Crippen molar-refractivity contribution in [3.05, 3.63) is 48.9 Å². The number of aryl methyl sites for hydroxylation is 1. The lowest BCUT2D eigenvalue weighted by Gasteiger charge is -1.99. The van der Waals surface area contributed by atoms with Gasteiger partial charge >= 0.3 is 0 Å². The van der Waals surface area contributed by atoms with Crippen LogP contribution in [0.1, 0.15) is 23.3 Å². The summed E-state index contributed by atoms with van der Waals surface area (Å²) >= 11 is 0. The maximum Gasteiger partial charge on any atom is 0.202 e. The molecule has 0 saturated heterocycles. The molecule has 0 aliphatic rings. The van der Waals surface area contributed by atoms with Crippen LogP contribution in [0.3, 0.4) is 0 Å². The summed E-state index contributed by atoms with van der Waals surface area (Å²) < 4.78 is 12.2. The number of hydrogen-bond acceptors (Lipinski definition) is 5. The molecular formula is C14H13N3O3. The van der Waals surface area contributed by atoms with Crippen molar-refractivity contribution in [2.45, 2.75) is 19.4 Å². The van der Waals surface area contributed by atoms with Gasteiger partial charge in [-0.1, -0.05) is 5.16 Å². The number of carbonyl (C=O) groups is 1. The number of aromatic nitrogens is 3. The molecule has 0 atom stereocenters. The molecule has 6 heteroatoms. The Bertz CT molecular complexity index is 668. The average Bonchev–Trinajstić information content (AvgIpc) is 3.20. The van der Waals surface area contributed by atoms with Gasteiger partial charge in [0.1, 0.15) is 5.69 Å². The molecule has 0 bridgehead atoms. The molecule has 0 aliphatic heterocycles. The summed E-state index contributed by atoms with van der Waals surface area (Å²) in [5, 5.41) is 3.78. The van der Waals surface area contributed by atoms with Crippen LogP contribution in [0.2, 0.25) is 0 Å². The number of carbonyl (C=O) groups excluding carboxylic acids is 1. The molecule has 0 aliphatic carbocycles. The van der Waals surface area contributed by atoms with Crippen LogP contribution < -0.4 is 0 Å². The molecule has 0 aromatic carbocycles. The van der Waals surface area contributed by atoms with Gasteiger partial charge in [0.05, 0.1) is 12.6 Å². The number of Topliss-reactive ketones (excluding diaryl/α,β-unsaturated/α-hetero) is 1. The van der Waals surface area contributed by atoms with Gasteiger partial charge < -0.3 is 13.5 Å². The van der Waals surface area contributed by atoms with Crippen LogP contribution in [0.4, 0.5) is 0 Å². The maximum absolute atomic E-state index is 12.0. The molecule has 0 N–H and O–H groups in total. The van der Waals surface area contributed by atoms with Gasteiger partial charge in [-0.25, -0.2) is 4.98 Å². The molecule has 0 spiro atoms. The van der Waals surface area contributed by atoms with Gasteiger partial charge in [0, 0.05) is 31.4 Å². The van der Waals surface area contributed by atoms with Crippen molar-refractivity contribution in [1.82, 2.24) is 14.7 Å². The summed E-state index contributed by atoms with van der Waals surface area (Å²) in [6, 6.07) is 5.12. The Morgan fingerprint density at radius 2 is 2.30 bits per heavy atom. The summed E-state index contributed by atoms with van der Waals surface area (Å²) in [7, 11) is 0. The van der Waals surface area contributed by atoms with E-state index in [1.807, 2.05) is 10.8 Å². The monoisotopic (exact) mass is 271 g/mol. The molecule has 3 aromatic heterocycles. The first-order valence-electron chi connectivity index (χ1n) is 6.32. The third-order valence-electron chi connectivity index (χ3n) is 2.94. The minimum Gasteiger partial charge on any atom is -0.461 e. The third-order valence-corrected chi connectivity index (χ3v) is 2.94. The van der Waals surface area contributed by atoms with Gasteiger partial charge in [0.15, 0.2) is 11.5 Å². The van der Waals surface area contributed by atoms with Gasteiger partial charge in [-0.05, 0) is 18.6 Å². The van der Waals surface area contributed by atoms with E-state index in [1.165, 1.54) is 0 Å². The fraction of sp³-hybridized carbons (Fsp3) is 0.214. The minimum atomic E-state index is -0.0355. The van der Waals surface area contributed by atoms with Crippen molar-refractivity contribution < 1.29 is 13.7 Å². The molecule has 0 unspecified atom stereocenters. The van der Waals surface area contributed by atoms with Crippen molar-refractivity contribution >= 4 is 5.78 Å². The molecule has 6 nitrogen and oxygen atoms in total. The zero-order valence-electron chi connectivity index (χ0n) is 10.7. The molecule has 0 saturated carbocycles. The molecule has 20 heavy (non-hydrogen) atoms. The van der Waals surface area contributed by atoms with Crippen molar-refractivity contribution in [3.63, 3.8) is 0 Å². The van der Waals surface area contributed by atoms with E-state index in [4.69, 9.17) is 8.94 Å². The number of rotatable bonds is 6. The smallest absolute Gasteiger partial charge is 0.202 e. The highest BCUT2D eigenvalue weighted by Gasteiger charge is 2.14. The lowest BCUT2D eigenvalue weighted by atomic mass is 10.1. The van der Waals surface area contributed by atoms with Crippen LogP contribution in [0.5, 0.6) is 0 Å². The second-order valence-corrected chi connectivity index (χ2v) is 4.38. The predicted molar refractivity (Wildman–Crippen MR) is 70.0 cm³/mol. The normalized spacial score (nSPS) is 10.8. The number of nitrogens with zero attached hydrogens (tertiary/aromatic N) is 3. The van der Waals surface area contributed by atoms with Crippen LogP contribution in [-0.2, 0) is 6.54 Å². The lowest BCUT2D eigenvalue weighted by molar-refractivity contribution is 0.0970. The SMILES string of the molecule is O=C(CCCn1ccnc1)c1cc(-c2ccco2)on1. The fourth-order valence-corrected chi connectivity index (χ4v) is 1.91. The summed E-state index contributed by atoms with van der Waals surface area (Å²) in [6.07, 6.45) is 8.02. The molecule has 0 amide bonds. The molecule has 3 aromatic rings. The first-order valence-corrected chi connectivity index (χ1v) is 6.32. The van der Waals surface area contributed by atoms with E-state index < -0.39 is 0 Å². The van der Waals surface area contributed by atoms with Gasteiger partial charge in [0.25, 0.3) is 0 Å². The summed E-state index contributed by atoms with van der Waals surface area (Å²) in [4.78, 5) is 15.9. The fourth-order valence-electron chi connectivity index (χ4n) is 1.91. The zero-order valence-corrected chi connectivity index (χ0v) is 10.7. The number of furan rings is 1. The zero-order chi connectivity index (χ0) is 13.8. The van der Waals surface area contributed by atoms with Gasteiger partial charge in [-0.15, -0.1) is 0 Å². The highest BCUT2D eigenvalue weighted by atomic mass is 16.5. The van der Waals surface area contributed by atoms with Crippen LogP contribution >= 0.6 is 0 Å². The lowest BCUT2D eigenvalue weighted by Crippen LogP contribution is -2.02. The van der Waals surface area contributed by atoms with Gasteiger partial charge in [0.2, 0.25) is 5.76 Å². The van der Waals surface area contributed by atoms with Crippen LogP contribution in [-0.4, -0.2) is 20.5 Å². The summed E-state index contributed by atoms with van der Waals surface area (Å²) in [5.74, 6) is 0.995. The highest BCUT2D eigenvalue weighted by molar-refractivity contribution is 5.94. The van der Waals surface area contributed by atoms with E-state index >= 15 is 0 Å². The van der Waals surface area contributed by atoms with E-state index in [1.54, 1.807) is 37.0 Å². The molecule has 3 rings (SSSR count). The molecular weight excluding hydrogens is 258 g/mol. The average molecular weight is 271 g/mol. The number of hydrogen-bond donors (Lipinski definition) is 0. The molecule has 3 heterocycles. The first-order chi connectivity index (χ1) is 9.83. The Hall–Kier alpha value is -2.63. The molecule has 0 radical (unpaired) electrons. The Morgan fingerprint density at radius 1 is 1.35 bits per heavy atom. The second-order valence-electron chi connectivity index (χ2n) is 4.38. The highest BCUT2D eigenvalue weighted by Crippen LogP contribution is 2.21. The van der Waals surface area contributed by atoms with E-state index in [0.717, 1.165) is 13.0 Å². The van der Waals surface area contributed by atoms with Crippen LogP contribution in [0, 0.1) is 0 Å². The second kappa shape index (κ2) is 5.56. The quantitative estimate of drug-likeness (QED) is 0.644. The molecule has 102 valence electrons. The summed E-state index contributed by atoms with van der Waals surface area (Å²) in [6.45, 7) is 0.759. The first kappa shape index (κ1) is 12.4. The third kappa shape index (κ3) is 2.69. The Kier molecular flexibility index (Phi) is 3.45. The van der Waals surface area contributed by atoms with Gasteiger partial charge in [-0.3, -0.25) is 4.79 Å². The number of imidazole rings is 1.